The molecule has 1 fully saturated rings. The van der Waals surface area contributed by atoms with E-state index in [1.807, 2.05) is 121 Å². The summed E-state index contributed by atoms with van der Waals surface area (Å²) >= 11 is 2.28. The molecule has 0 bridgehead atoms. The van der Waals surface area contributed by atoms with Gasteiger partial charge in [0.05, 0.1) is 11.8 Å². The largest absolute Gasteiger partial charge is 0.373 e. The zero-order valence-corrected chi connectivity index (χ0v) is 40.2. The van der Waals surface area contributed by atoms with E-state index in [1.165, 1.54) is 12.1 Å². The molecule has 0 amide bonds. The fraction of sp³-hybridized carbons (Fsp3) is 0.111. The molecule has 1 aliphatic rings. The van der Waals surface area contributed by atoms with Crippen molar-refractivity contribution >= 4 is 22.7 Å². The summed E-state index contributed by atoms with van der Waals surface area (Å²) in [5.41, 5.74) is 13.1. The predicted molar refractivity (Wildman–Crippen MR) is 282 cm³/mol. The van der Waals surface area contributed by atoms with Crippen LogP contribution in [0.3, 0.4) is 0 Å². The minimum atomic E-state index is -5.61. The van der Waals surface area contributed by atoms with Crippen LogP contribution in [0.25, 0.3) is 87.6 Å². The molecule has 1 aliphatic carbocycles. The van der Waals surface area contributed by atoms with Gasteiger partial charge >= 0.3 is 17.8 Å². The van der Waals surface area contributed by atoms with Gasteiger partial charge in [0.15, 0.2) is 0 Å². The quantitative estimate of drug-likeness (QED) is 0.120. The van der Waals surface area contributed by atoms with Gasteiger partial charge in [-0.3, -0.25) is 0 Å². The molecule has 2 heterocycles. The molecular weight excluding hydrogens is 935 g/mol. The molecule has 8 heteroatoms. The number of halogens is 6. The second-order valence-corrected chi connectivity index (χ2v) is 20.7. The first-order chi connectivity index (χ1) is 34.3. The van der Waals surface area contributed by atoms with E-state index in [4.69, 9.17) is 0 Å². The van der Waals surface area contributed by atoms with Crippen molar-refractivity contribution in [2.75, 3.05) is 0 Å². The van der Waals surface area contributed by atoms with Crippen LogP contribution in [-0.2, 0) is 0 Å². The zero-order valence-electron chi connectivity index (χ0n) is 38.5. The lowest BCUT2D eigenvalue weighted by atomic mass is 9.81. The molecule has 2 aromatic heterocycles. The van der Waals surface area contributed by atoms with E-state index >= 15 is 26.3 Å². The lowest BCUT2D eigenvalue weighted by Gasteiger charge is -2.25. The Bertz CT molecular complexity index is 3270. The minimum absolute atomic E-state index is 0.201. The fourth-order valence-corrected chi connectivity index (χ4v) is 12.4. The Morgan fingerprint density at radius 3 is 0.915 bits per heavy atom. The maximum absolute atomic E-state index is 16.4. The Balaban J connectivity index is 0.916. The maximum Gasteiger partial charge on any atom is 0.373 e. The number of benzene rings is 8. The highest BCUT2D eigenvalue weighted by Crippen LogP contribution is 2.70. The summed E-state index contributed by atoms with van der Waals surface area (Å²) in [6.07, 6.45) is 0. The fourth-order valence-electron chi connectivity index (χ4n) is 10.2. The summed E-state index contributed by atoms with van der Waals surface area (Å²) in [6, 6.07) is 71.0. The molecule has 71 heavy (non-hydrogen) atoms. The van der Waals surface area contributed by atoms with E-state index in [2.05, 4.69) is 84.9 Å². The monoisotopic (exact) mass is 978 g/mol. The lowest BCUT2D eigenvalue weighted by molar-refractivity contribution is -0.275. The van der Waals surface area contributed by atoms with Crippen molar-refractivity contribution in [3.63, 3.8) is 0 Å². The van der Waals surface area contributed by atoms with Crippen LogP contribution in [0.15, 0.2) is 218 Å². The molecule has 0 N–H and O–H groups in total. The highest BCUT2D eigenvalue weighted by atomic mass is 32.1. The van der Waals surface area contributed by atoms with Crippen LogP contribution in [0.1, 0.15) is 32.7 Å². The van der Waals surface area contributed by atoms with Crippen molar-refractivity contribution in [1.29, 1.82) is 0 Å². The van der Waals surface area contributed by atoms with Gasteiger partial charge in [-0.2, -0.15) is 26.3 Å². The predicted octanol–water partition coefficient (Wildman–Crippen LogP) is 19.5. The molecule has 0 radical (unpaired) electrons. The van der Waals surface area contributed by atoms with Crippen LogP contribution in [0, 0.1) is 13.8 Å². The molecule has 1 saturated carbocycles. The summed E-state index contributed by atoms with van der Waals surface area (Å²) in [5, 5.41) is 0. The second-order valence-electron chi connectivity index (χ2n) is 18.2. The SMILES string of the molecule is Cc1sc(-c2ccc(-c3ccc(-c4ccccc4)cc3-c3ccccc3)cc2)cc1C1C(c2cc(-c3ccc(-c4ccc(-c5ccccc5)cc4-c4ccccc4)cc3)sc2C)C(F)(F)C(F)(F)C1(F)F. The van der Waals surface area contributed by atoms with Gasteiger partial charge in [-0.1, -0.05) is 194 Å². The molecule has 350 valence electrons. The van der Waals surface area contributed by atoms with E-state index in [0.717, 1.165) is 89.4 Å². The minimum Gasteiger partial charge on any atom is -0.199 e. The van der Waals surface area contributed by atoms with Crippen LogP contribution in [0.4, 0.5) is 26.3 Å². The van der Waals surface area contributed by atoms with Crippen molar-refractivity contribution in [1.82, 2.24) is 0 Å². The van der Waals surface area contributed by atoms with Crippen molar-refractivity contribution in [3.05, 3.63) is 239 Å². The van der Waals surface area contributed by atoms with Gasteiger partial charge in [-0.15, -0.1) is 22.7 Å². The topological polar surface area (TPSA) is 0 Å². The van der Waals surface area contributed by atoms with Gasteiger partial charge in [0.25, 0.3) is 0 Å². The maximum atomic E-state index is 16.4. The number of hydrogen-bond acceptors (Lipinski definition) is 2. The molecule has 0 nitrogen and oxygen atoms in total. The van der Waals surface area contributed by atoms with Gasteiger partial charge in [0.2, 0.25) is 0 Å². The van der Waals surface area contributed by atoms with Crippen LogP contribution in [-0.4, -0.2) is 17.8 Å². The molecule has 8 aromatic carbocycles. The first kappa shape index (κ1) is 46.1. The van der Waals surface area contributed by atoms with E-state index in [1.54, 1.807) is 13.8 Å². The molecule has 2 atom stereocenters. The normalized spacial score (nSPS) is 16.8. The van der Waals surface area contributed by atoms with Gasteiger partial charge in [0, 0.05) is 19.5 Å². The van der Waals surface area contributed by atoms with Crippen molar-refractivity contribution in [2.24, 2.45) is 0 Å². The van der Waals surface area contributed by atoms with Gasteiger partial charge in [-0.05, 0) is 127 Å². The van der Waals surface area contributed by atoms with Crippen molar-refractivity contribution in [2.45, 2.75) is 43.5 Å². The first-order valence-electron chi connectivity index (χ1n) is 23.4. The van der Waals surface area contributed by atoms with E-state index in [0.29, 0.717) is 20.9 Å². The summed E-state index contributed by atoms with van der Waals surface area (Å²) < 4.78 is 97.0. The molecule has 2 unspecified atom stereocenters. The highest BCUT2D eigenvalue weighted by Gasteiger charge is 2.85. The average molecular weight is 979 g/mol. The third-order valence-electron chi connectivity index (χ3n) is 13.9. The van der Waals surface area contributed by atoms with E-state index in [-0.39, 0.29) is 20.9 Å². The first-order valence-corrected chi connectivity index (χ1v) is 25.0. The Morgan fingerprint density at radius 1 is 0.296 bits per heavy atom. The number of thiophene rings is 2. The average Bonchev–Trinajstić information content (AvgIpc) is 4.02. The Kier molecular flexibility index (Phi) is 11.8. The third-order valence-corrected chi connectivity index (χ3v) is 16.1. The Labute approximate surface area is 417 Å². The molecule has 0 aliphatic heterocycles. The lowest BCUT2D eigenvalue weighted by Crippen LogP contribution is -2.48. The summed E-state index contributed by atoms with van der Waals surface area (Å²) in [4.78, 5) is 1.61. The zero-order chi connectivity index (χ0) is 49.1. The van der Waals surface area contributed by atoms with Crippen molar-refractivity contribution in [3.8, 4) is 87.6 Å². The smallest absolute Gasteiger partial charge is 0.199 e. The molecule has 0 saturated heterocycles. The number of alkyl halides is 6. The van der Waals surface area contributed by atoms with Gasteiger partial charge < -0.3 is 0 Å². The highest BCUT2D eigenvalue weighted by molar-refractivity contribution is 7.16. The summed E-state index contributed by atoms with van der Waals surface area (Å²) in [6.45, 7) is 3.10. The van der Waals surface area contributed by atoms with E-state index < -0.39 is 29.6 Å². The second kappa shape index (κ2) is 18.2. The molecule has 10 aromatic rings. The third kappa shape index (κ3) is 8.13. The molecule has 0 spiro atoms. The van der Waals surface area contributed by atoms with Crippen LogP contribution < -0.4 is 0 Å². The van der Waals surface area contributed by atoms with Gasteiger partial charge in [0.1, 0.15) is 0 Å². The molecular formula is C63H44F6S2. The standard InChI is InChI=1S/C63H44F6S2/c1-39-53(37-57(70-39)47-27-23-45(24-28-47)51-33-31-49(41-15-7-3-8-16-41)35-55(51)43-19-11-5-12-20-43)59-60(62(66,67)63(68,69)61(59,64)65)54-38-58(71-40(54)2)48-29-25-46(26-30-48)52-34-32-50(42-17-9-4-10-18-42)36-56(52)44-21-13-6-14-22-44/h3-38,59-60H,1-2H3. The number of rotatable bonds is 10. The number of aryl methyl sites for hydroxylation is 2. The van der Waals surface area contributed by atoms with E-state index in [9.17, 15) is 0 Å². The van der Waals surface area contributed by atoms with Crippen LogP contribution in [0.5, 0.6) is 0 Å². The molecule has 11 rings (SSSR count). The Hall–Kier alpha value is -7.26. The van der Waals surface area contributed by atoms with Gasteiger partial charge in [-0.25, -0.2) is 0 Å². The summed E-state index contributed by atoms with van der Waals surface area (Å²) in [5.74, 6) is -20.7. The number of hydrogen-bond donors (Lipinski definition) is 0. The Morgan fingerprint density at radius 2 is 0.577 bits per heavy atom. The summed E-state index contributed by atoms with van der Waals surface area (Å²) in [7, 11) is 0. The van der Waals surface area contributed by atoms with Crippen molar-refractivity contribution < 1.29 is 26.3 Å². The van der Waals surface area contributed by atoms with Crippen LogP contribution in [0.2, 0.25) is 0 Å². The van der Waals surface area contributed by atoms with Crippen LogP contribution >= 0.6 is 22.7 Å².